The third kappa shape index (κ3) is 6.39. The lowest BCUT2D eigenvalue weighted by Gasteiger charge is -2.29. The highest BCUT2D eigenvalue weighted by Gasteiger charge is 2.22. The van der Waals surface area contributed by atoms with Gasteiger partial charge in [-0.05, 0) is 25.7 Å². The fourth-order valence-corrected chi connectivity index (χ4v) is 2.37. The summed E-state index contributed by atoms with van der Waals surface area (Å²) >= 11 is 0. The van der Waals surface area contributed by atoms with Gasteiger partial charge in [-0.1, -0.05) is 19.8 Å². The second kappa shape index (κ2) is 9.38. The van der Waals surface area contributed by atoms with E-state index in [1.807, 2.05) is 6.92 Å². The van der Waals surface area contributed by atoms with Crippen molar-refractivity contribution in [3.05, 3.63) is 0 Å². The SMILES string of the molecule is CC#CCCNCC(O)COC1CCCCC1C. The summed E-state index contributed by atoms with van der Waals surface area (Å²) in [5.74, 6) is 6.48. The van der Waals surface area contributed by atoms with Gasteiger partial charge in [-0.25, -0.2) is 0 Å². The van der Waals surface area contributed by atoms with Gasteiger partial charge in [0, 0.05) is 19.5 Å². The molecule has 0 spiro atoms. The zero-order valence-electron chi connectivity index (χ0n) is 11.7. The minimum Gasteiger partial charge on any atom is -0.389 e. The quantitative estimate of drug-likeness (QED) is 0.538. The summed E-state index contributed by atoms with van der Waals surface area (Å²) in [6, 6.07) is 0. The first kappa shape index (κ1) is 15.5. The van der Waals surface area contributed by atoms with Crippen LogP contribution >= 0.6 is 0 Å². The van der Waals surface area contributed by atoms with Gasteiger partial charge in [0.15, 0.2) is 0 Å². The molecule has 2 N–H and O–H groups in total. The second-order valence-corrected chi connectivity index (χ2v) is 5.17. The highest BCUT2D eigenvalue weighted by atomic mass is 16.5. The van der Waals surface area contributed by atoms with Gasteiger partial charge in [0.1, 0.15) is 0 Å². The minimum atomic E-state index is -0.409. The molecule has 0 aromatic carbocycles. The van der Waals surface area contributed by atoms with Crippen molar-refractivity contribution in [3.8, 4) is 11.8 Å². The van der Waals surface area contributed by atoms with Crippen LogP contribution in [-0.2, 0) is 4.74 Å². The van der Waals surface area contributed by atoms with E-state index in [-0.39, 0.29) is 0 Å². The first-order valence-electron chi connectivity index (χ1n) is 7.14. The Hall–Kier alpha value is -0.560. The molecular formula is C15H27NO2. The standard InChI is InChI=1S/C15H27NO2/c1-3-4-7-10-16-11-14(17)12-18-15-9-6-5-8-13(15)2/h13-17H,5-12H2,1-2H3. The summed E-state index contributed by atoms with van der Waals surface area (Å²) in [6.45, 7) is 5.96. The molecule has 3 heteroatoms. The Labute approximate surface area is 111 Å². The number of ether oxygens (including phenoxy) is 1. The van der Waals surface area contributed by atoms with E-state index in [2.05, 4.69) is 24.1 Å². The van der Waals surface area contributed by atoms with Crippen LogP contribution in [0.3, 0.4) is 0 Å². The number of aliphatic hydroxyl groups is 1. The Morgan fingerprint density at radius 3 is 2.89 bits per heavy atom. The molecule has 3 unspecified atom stereocenters. The molecule has 1 aliphatic rings. The van der Waals surface area contributed by atoms with E-state index in [1.54, 1.807) is 0 Å². The van der Waals surface area contributed by atoms with Crippen molar-refractivity contribution >= 4 is 0 Å². The lowest BCUT2D eigenvalue weighted by molar-refractivity contribution is -0.0450. The molecule has 0 heterocycles. The van der Waals surface area contributed by atoms with Crippen LogP contribution < -0.4 is 5.32 Å². The molecule has 0 saturated heterocycles. The van der Waals surface area contributed by atoms with Crippen LogP contribution in [0, 0.1) is 17.8 Å². The maximum absolute atomic E-state index is 9.80. The van der Waals surface area contributed by atoms with E-state index in [0.29, 0.717) is 25.2 Å². The summed E-state index contributed by atoms with van der Waals surface area (Å²) in [5.41, 5.74) is 0. The van der Waals surface area contributed by atoms with Crippen LogP contribution in [0.2, 0.25) is 0 Å². The van der Waals surface area contributed by atoms with Crippen molar-refractivity contribution in [1.29, 1.82) is 0 Å². The van der Waals surface area contributed by atoms with Gasteiger partial charge in [0.05, 0.1) is 18.8 Å². The fraction of sp³-hybridized carbons (Fsp3) is 0.867. The third-order valence-corrected chi connectivity index (χ3v) is 3.52. The zero-order valence-corrected chi connectivity index (χ0v) is 11.7. The van der Waals surface area contributed by atoms with Crippen LogP contribution in [-0.4, -0.2) is 37.0 Å². The molecule has 1 fully saturated rings. The monoisotopic (exact) mass is 253 g/mol. The van der Waals surface area contributed by atoms with Crippen molar-refractivity contribution in [2.45, 2.75) is 58.2 Å². The second-order valence-electron chi connectivity index (χ2n) is 5.17. The molecule has 3 atom stereocenters. The highest BCUT2D eigenvalue weighted by molar-refractivity contribution is 4.95. The summed E-state index contributed by atoms with van der Waals surface area (Å²) in [6.07, 6.45) is 5.77. The predicted octanol–water partition coefficient (Wildman–Crippen LogP) is 1.95. The largest absolute Gasteiger partial charge is 0.389 e. The number of hydrogen-bond acceptors (Lipinski definition) is 3. The maximum Gasteiger partial charge on any atom is 0.0897 e. The summed E-state index contributed by atoms with van der Waals surface area (Å²) < 4.78 is 5.82. The van der Waals surface area contributed by atoms with Gasteiger partial charge >= 0.3 is 0 Å². The van der Waals surface area contributed by atoms with Gasteiger partial charge < -0.3 is 15.2 Å². The summed E-state index contributed by atoms with van der Waals surface area (Å²) in [4.78, 5) is 0. The minimum absolute atomic E-state index is 0.347. The van der Waals surface area contributed by atoms with E-state index in [0.717, 1.165) is 19.4 Å². The molecule has 1 saturated carbocycles. The Kier molecular flexibility index (Phi) is 8.08. The molecule has 0 aromatic rings. The van der Waals surface area contributed by atoms with Crippen molar-refractivity contribution < 1.29 is 9.84 Å². The van der Waals surface area contributed by atoms with Gasteiger partial charge in [-0.3, -0.25) is 0 Å². The smallest absolute Gasteiger partial charge is 0.0897 e. The summed E-state index contributed by atoms with van der Waals surface area (Å²) in [7, 11) is 0. The molecule has 0 amide bonds. The van der Waals surface area contributed by atoms with Crippen molar-refractivity contribution in [2.75, 3.05) is 19.7 Å². The normalized spacial score (nSPS) is 25.3. The Bertz CT molecular complexity index is 269. The predicted molar refractivity (Wildman–Crippen MR) is 74.3 cm³/mol. The average Bonchev–Trinajstić information content (AvgIpc) is 2.37. The van der Waals surface area contributed by atoms with Crippen molar-refractivity contribution in [1.82, 2.24) is 5.32 Å². The van der Waals surface area contributed by atoms with Crippen LogP contribution in [0.25, 0.3) is 0 Å². The third-order valence-electron chi connectivity index (χ3n) is 3.52. The molecule has 0 aromatic heterocycles. The molecule has 0 bridgehead atoms. The van der Waals surface area contributed by atoms with Gasteiger partial charge in [0.25, 0.3) is 0 Å². The van der Waals surface area contributed by atoms with E-state index in [9.17, 15) is 5.11 Å². The number of hydrogen-bond donors (Lipinski definition) is 2. The summed E-state index contributed by atoms with van der Waals surface area (Å²) in [5, 5.41) is 13.0. The van der Waals surface area contributed by atoms with E-state index < -0.39 is 6.10 Å². The first-order valence-corrected chi connectivity index (χ1v) is 7.14. The number of aliphatic hydroxyl groups excluding tert-OH is 1. The number of rotatable bonds is 7. The van der Waals surface area contributed by atoms with Crippen molar-refractivity contribution in [2.24, 2.45) is 5.92 Å². The fourth-order valence-electron chi connectivity index (χ4n) is 2.37. The van der Waals surface area contributed by atoms with Crippen LogP contribution in [0.4, 0.5) is 0 Å². The number of nitrogens with one attached hydrogen (secondary N) is 1. The van der Waals surface area contributed by atoms with Gasteiger partial charge in [-0.2, -0.15) is 0 Å². The Morgan fingerprint density at radius 2 is 2.17 bits per heavy atom. The van der Waals surface area contributed by atoms with E-state index in [1.165, 1.54) is 19.3 Å². The van der Waals surface area contributed by atoms with Crippen LogP contribution in [0.5, 0.6) is 0 Å². The molecule has 18 heavy (non-hydrogen) atoms. The van der Waals surface area contributed by atoms with Crippen molar-refractivity contribution in [3.63, 3.8) is 0 Å². The zero-order chi connectivity index (χ0) is 13.2. The average molecular weight is 253 g/mol. The molecule has 0 radical (unpaired) electrons. The molecule has 3 nitrogen and oxygen atoms in total. The lowest BCUT2D eigenvalue weighted by atomic mass is 9.88. The molecular weight excluding hydrogens is 226 g/mol. The first-order chi connectivity index (χ1) is 8.74. The van der Waals surface area contributed by atoms with Gasteiger partial charge in [0.2, 0.25) is 0 Å². The van der Waals surface area contributed by atoms with Gasteiger partial charge in [-0.15, -0.1) is 11.8 Å². The molecule has 0 aliphatic heterocycles. The molecule has 1 aliphatic carbocycles. The van der Waals surface area contributed by atoms with E-state index in [4.69, 9.17) is 4.74 Å². The molecule has 104 valence electrons. The van der Waals surface area contributed by atoms with E-state index >= 15 is 0 Å². The Balaban J connectivity index is 2.04. The topological polar surface area (TPSA) is 41.5 Å². The van der Waals surface area contributed by atoms with Crippen LogP contribution in [0.15, 0.2) is 0 Å². The maximum atomic E-state index is 9.80. The Morgan fingerprint density at radius 1 is 1.39 bits per heavy atom. The molecule has 1 rings (SSSR count). The van der Waals surface area contributed by atoms with Crippen LogP contribution in [0.1, 0.15) is 46.0 Å². The lowest BCUT2D eigenvalue weighted by Crippen LogP contribution is -2.34. The highest BCUT2D eigenvalue weighted by Crippen LogP contribution is 2.26.